The predicted molar refractivity (Wildman–Crippen MR) is 78.5 cm³/mol. The Balaban J connectivity index is 2.98. The van der Waals surface area contributed by atoms with E-state index in [1.54, 1.807) is 0 Å². The highest BCUT2D eigenvalue weighted by molar-refractivity contribution is 5.90. The lowest BCUT2D eigenvalue weighted by Crippen LogP contribution is -2.08. The van der Waals surface area contributed by atoms with Crippen molar-refractivity contribution in [2.45, 2.75) is 39.5 Å². The second kappa shape index (κ2) is 9.21. The number of halogens is 1. The SMILES string of the molecule is CCCCOc1cc(C(=O)OC)cc(F)c1OCCCC. The molecule has 0 N–H and O–H groups in total. The molecule has 0 heterocycles. The van der Waals surface area contributed by atoms with Gasteiger partial charge in [-0.3, -0.25) is 0 Å². The number of esters is 1. The number of carbonyl (C=O) groups excluding carboxylic acids is 1. The third-order valence-corrected chi connectivity index (χ3v) is 2.93. The first kappa shape index (κ1) is 17.3. The summed E-state index contributed by atoms with van der Waals surface area (Å²) in [5.41, 5.74) is 0.115. The van der Waals surface area contributed by atoms with Crippen LogP contribution in [0.15, 0.2) is 12.1 Å². The number of hydrogen-bond donors (Lipinski definition) is 0. The second-order valence-electron chi connectivity index (χ2n) is 4.68. The number of ether oxygens (including phenoxy) is 3. The third-order valence-electron chi connectivity index (χ3n) is 2.93. The second-order valence-corrected chi connectivity index (χ2v) is 4.68. The third kappa shape index (κ3) is 5.25. The van der Waals surface area contributed by atoms with Gasteiger partial charge in [-0.05, 0) is 25.0 Å². The Labute approximate surface area is 125 Å². The van der Waals surface area contributed by atoms with E-state index in [2.05, 4.69) is 4.74 Å². The summed E-state index contributed by atoms with van der Waals surface area (Å²) < 4.78 is 29.7. The molecule has 0 aromatic heterocycles. The molecule has 0 aliphatic carbocycles. The number of methoxy groups -OCH3 is 1. The molecule has 0 bridgehead atoms. The van der Waals surface area contributed by atoms with Crippen molar-refractivity contribution >= 4 is 5.97 Å². The van der Waals surface area contributed by atoms with E-state index in [1.807, 2.05) is 13.8 Å². The van der Waals surface area contributed by atoms with Gasteiger partial charge in [-0.1, -0.05) is 26.7 Å². The molecule has 1 rings (SSSR count). The standard InChI is InChI=1S/C16H23FO4/c1-4-6-8-20-14-11-12(16(18)19-3)10-13(17)15(14)21-9-7-5-2/h10-11H,4-9H2,1-3H3. The number of rotatable bonds is 9. The Kier molecular flexibility index (Phi) is 7.58. The first-order valence-corrected chi connectivity index (χ1v) is 7.31. The molecule has 0 saturated carbocycles. The largest absolute Gasteiger partial charge is 0.490 e. The van der Waals surface area contributed by atoms with Crippen LogP contribution in [0.25, 0.3) is 0 Å². The van der Waals surface area contributed by atoms with Crippen LogP contribution in [0.5, 0.6) is 11.5 Å². The molecule has 4 nitrogen and oxygen atoms in total. The molecule has 118 valence electrons. The van der Waals surface area contributed by atoms with Crippen molar-refractivity contribution in [3.8, 4) is 11.5 Å². The van der Waals surface area contributed by atoms with Crippen molar-refractivity contribution < 1.29 is 23.4 Å². The Morgan fingerprint density at radius 1 is 1.10 bits per heavy atom. The van der Waals surface area contributed by atoms with Crippen LogP contribution in [-0.4, -0.2) is 26.3 Å². The van der Waals surface area contributed by atoms with E-state index >= 15 is 0 Å². The quantitative estimate of drug-likeness (QED) is 0.511. The van der Waals surface area contributed by atoms with Gasteiger partial charge in [0.15, 0.2) is 17.3 Å². The van der Waals surface area contributed by atoms with Gasteiger partial charge in [-0.2, -0.15) is 0 Å². The lowest BCUT2D eigenvalue weighted by Gasteiger charge is -2.14. The molecule has 1 aromatic rings. The van der Waals surface area contributed by atoms with Crippen LogP contribution in [0.4, 0.5) is 4.39 Å². The maximum Gasteiger partial charge on any atom is 0.338 e. The van der Waals surface area contributed by atoms with E-state index < -0.39 is 11.8 Å². The fraction of sp³-hybridized carbons (Fsp3) is 0.562. The Bertz CT molecular complexity index is 460. The summed E-state index contributed by atoms with van der Waals surface area (Å²) in [6.07, 6.45) is 3.59. The smallest absolute Gasteiger partial charge is 0.338 e. The van der Waals surface area contributed by atoms with Crippen molar-refractivity contribution in [1.29, 1.82) is 0 Å². The van der Waals surface area contributed by atoms with Crippen LogP contribution in [0, 0.1) is 5.82 Å². The molecule has 5 heteroatoms. The zero-order valence-corrected chi connectivity index (χ0v) is 12.9. The Morgan fingerprint density at radius 2 is 1.71 bits per heavy atom. The predicted octanol–water partition coefficient (Wildman–Crippen LogP) is 3.97. The van der Waals surface area contributed by atoms with E-state index in [4.69, 9.17) is 9.47 Å². The molecule has 0 amide bonds. The molecule has 21 heavy (non-hydrogen) atoms. The monoisotopic (exact) mass is 298 g/mol. The minimum atomic E-state index is -0.611. The van der Waals surface area contributed by atoms with Crippen LogP contribution < -0.4 is 9.47 Å². The average molecular weight is 298 g/mol. The lowest BCUT2D eigenvalue weighted by atomic mass is 10.2. The summed E-state index contributed by atoms with van der Waals surface area (Å²) in [5.74, 6) is -0.901. The van der Waals surface area contributed by atoms with Gasteiger partial charge in [0.2, 0.25) is 0 Å². The van der Waals surface area contributed by atoms with Crippen molar-refractivity contribution in [2.75, 3.05) is 20.3 Å². The van der Waals surface area contributed by atoms with E-state index in [1.165, 1.54) is 13.2 Å². The van der Waals surface area contributed by atoms with Gasteiger partial charge in [-0.15, -0.1) is 0 Å². The topological polar surface area (TPSA) is 44.8 Å². The van der Waals surface area contributed by atoms with Crippen LogP contribution in [0.3, 0.4) is 0 Å². The molecule has 0 saturated heterocycles. The lowest BCUT2D eigenvalue weighted by molar-refractivity contribution is 0.0599. The molecule has 0 aliphatic rings. The molecule has 0 fully saturated rings. The van der Waals surface area contributed by atoms with Crippen molar-refractivity contribution in [2.24, 2.45) is 0 Å². The maximum absolute atomic E-state index is 14.1. The summed E-state index contributed by atoms with van der Waals surface area (Å²) in [6, 6.07) is 2.58. The molecule has 0 spiro atoms. The number of unbranched alkanes of at least 4 members (excludes halogenated alkanes) is 2. The number of hydrogen-bond acceptors (Lipinski definition) is 4. The fourth-order valence-electron chi connectivity index (χ4n) is 1.70. The summed E-state index contributed by atoms with van der Waals surface area (Å²) in [6.45, 7) is 4.92. The molecule has 0 radical (unpaired) electrons. The summed E-state index contributed by atoms with van der Waals surface area (Å²) >= 11 is 0. The van der Waals surface area contributed by atoms with Crippen LogP contribution >= 0.6 is 0 Å². The van der Waals surface area contributed by atoms with Crippen LogP contribution in [0.1, 0.15) is 49.9 Å². The van der Waals surface area contributed by atoms with Gasteiger partial charge in [0, 0.05) is 0 Å². The zero-order chi connectivity index (χ0) is 15.7. The van der Waals surface area contributed by atoms with Crippen molar-refractivity contribution in [1.82, 2.24) is 0 Å². The fourth-order valence-corrected chi connectivity index (χ4v) is 1.70. The van der Waals surface area contributed by atoms with Crippen molar-refractivity contribution in [3.63, 3.8) is 0 Å². The van der Waals surface area contributed by atoms with E-state index in [0.29, 0.717) is 13.2 Å². The first-order chi connectivity index (χ1) is 10.1. The molecular weight excluding hydrogens is 275 g/mol. The molecular formula is C16H23FO4. The van der Waals surface area contributed by atoms with Gasteiger partial charge in [-0.25, -0.2) is 9.18 Å². The first-order valence-electron chi connectivity index (χ1n) is 7.31. The molecule has 0 atom stereocenters. The minimum absolute atomic E-state index is 0.0622. The highest BCUT2D eigenvalue weighted by Gasteiger charge is 2.17. The van der Waals surface area contributed by atoms with Gasteiger partial charge in [0.1, 0.15) is 0 Å². The summed E-state index contributed by atoms with van der Waals surface area (Å²) in [7, 11) is 1.25. The zero-order valence-electron chi connectivity index (χ0n) is 12.9. The number of carbonyl (C=O) groups is 1. The van der Waals surface area contributed by atoms with Crippen LogP contribution in [0.2, 0.25) is 0 Å². The average Bonchev–Trinajstić information content (AvgIpc) is 2.49. The van der Waals surface area contributed by atoms with Gasteiger partial charge < -0.3 is 14.2 Å². The maximum atomic E-state index is 14.1. The van der Waals surface area contributed by atoms with E-state index in [-0.39, 0.29) is 17.1 Å². The van der Waals surface area contributed by atoms with Crippen LogP contribution in [-0.2, 0) is 4.74 Å². The van der Waals surface area contributed by atoms with E-state index in [0.717, 1.165) is 31.7 Å². The summed E-state index contributed by atoms with van der Waals surface area (Å²) in [5, 5.41) is 0. The Morgan fingerprint density at radius 3 is 2.29 bits per heavy atom. The van der Waals surface area contributed by atoms with Gasteiger partial charge in [0.05, 0.1) is 25.9 Å². The number of benzene rings is 1. The minimum Gasteiger partial charge on any atom is -0.490 e. The highest BCUT2D eigenvalue weighted by Crippen LogP contribution is 2.32. The van der Waals surface area contributed by atoms with Gasteiger partial charge in [0.25, 0.3) is 0 Å². The summed E-state index contributed by atoms with van der Waals surface area (Å²) in [4.78, 5) is 11.5. The Hall–Kier alpha value is -1.78. The molecule has 1 aromatic carbocycles. The van der Waals surface area contributed by atoms with Gasteiger partial charge >= 0.3 is 5.97 Å². The van der Waals surface area contributed by atoms with Crippen molar-refractivity contribution in [3.05, 3.63) is 23.5 Å². The highest BCUT2D eigenvalue weighted by atomic mass is 19.1. The molecule has 0 aliphatic heterocycles. The molecule has 0 unspecified atom stereocenters. The van der Waals surface area contributed by atoms with E-state index in [9.17, 15) is 9.18 Å². The normalized spacial score (nSPS) is 10.3.